The van der Waals surface area contributed by atoms with Crippen molar-refractivity contribution in [2.24, 2.45) is 0 Å². The van der Waals surface area contributed by atoms with Crippen molar-refractivity contribution in [3.05, 3.63) is 36.5 Å². The molecule has 0 saturated carbocycles. The summed E-state index contributed by atoms with van der Waals surface area (Å²) >= 11 is 0. The maximum absolute atomic E-state index is 12.4. The first kappa shape index (κ1) is 72.1. The molecule has 3 N–H and O–H groups in total. The highest BCUT2D eigenvalue weighted by molar-refractivity contribution is 5.76. The number of amides is 1. The summed E-state index contributed by atoms with van der Waals surface area (Å²) in [4.78, 5) is 24.5. The van der Waals surface area contributed by atoms with Crippen LogP contribution in [0.1, 0.15) is 361 Å². The van der Waals surface area contributed by atoms with Crippen LogP contribution in [0.3, 0.4) is 0 Å². The van der Waals surface area contributed by atoms with Crippen LogP contribution in [0.25, 0.3) is 0 Å². The molecule has 0 radical (unpaired) electrons. The summed E-state index contributed by atoms with van der Waals surface area (Å²) in [5, 5.41) is 23.0. The second-order valence-corrected chi connectivity index (χ2v) is 22.8. The van der Waals surface area contributed by atoms with Crippen LogP contribution < -0.4 is 5.32 Å². The molecule has 1 amide bonds. The molecule has 436 valence electrons. The predicted molar refractivity (Wildman–Crippen MR) is 324 cm³/mol. The molecular formula is C68H129NO5. The molecule has 0 aromatic rings. The molecule has 74 heavy (non-hydrogen) atoms. The van der Waals surface area contributed by atoms with Crippen molar-refractivity contribution in [1.29, 1.82) is 0 Å². The van der Waals surface area contributed by atoms with Gasteiger partial charge in [-0.2, -0.15) is 0 Å². The third-order valence-electron chi connectivity index (χ3n) is 15.4. The van der Waals surface area contributed by atoms with E-state index < -0.39 is 12.1 Å². The number of hydrogen-bond acceptors (Lipinski definition) is 5. The number of aliphatic hydroxyl groups excluding tert-OH is 2. The van der Waals surface area contributed by atoms with E-state index in [0.29, 0.717) is 19.4 Å². The second-order valence-electron chi connectivity index (χ2n) is 22.8. The molecule has 6 heteroatoms. The van der Waals surface area contributed by atoms with Crippen molar-refractivity contribution in [1.82, 2.24) is 5.32 Å². The quantitative estimate of drug-likeness (QED) is 0.0320. The number of esters is 1. The van der Waals surface area contributed by atoms with E-state index in [9.17, 15) is 19.8 Å². The summed E-state index contributed by atoms with van der Waals surface area (Å²) in [6, 6.07) is -0.622. The zero-order chi connectivity index (χ0) is 53.6. The summed E-state index contributed by atoms with van der Waals surface area (Å²) in [6.07, 6.45) is 80.9. The lowest BCUT2D eigenvalue weighted by atomic mass is 10.0. The van der Waals surface area contributed by atoms with Crippen LogP contribution in [0.2, 0.25) is 0 Å². The van der Waals surface area contributed by atoms with Crippen LogP contribution in [-0.2, 0) is 14.3 Å². The van der Waals surface area contributed by atoms with Gasteiger partial charge in [0.25, 0.3) is 0 Å². The first-order valence-corrected chi connectivity index (χ1v) is 33.3. The van der Waals surface area contributed by atoms with Crippen LogP contribution in [-0.4, -0.2) is 47.4 Å². The monoisotopic (exact) mass is 1040 g/mol. The summed E-state index contributed by atoms with van der Waals surface area (Å²) in [5.41, 5.74) is 0. The van der Waals surface area contributed by atoms with E-state index in [-0.39, 0.29) is 18.5 Å². The van der Waals surface area contributed by atoms with E-state index in [2.05, 4.69) is 43.5 Å². The summed E-state index contributed by atoms with van der Waals surface area (Å²) in [6.45, 7) is 4.87. The fraction of sp³-hybridized carbons (Fsp3) is 0.882. The minimum atomic E-state index is -0.839. The predicted octanol–water partition coefficient (Wildman–Crippen LogP) is 21.1. The Balaban J connectivity index is 3.30. The second kappa shape index (κ2) is 63.6. The van der Waals surface area contributed by atoms with Crippen molar-refractivity contribution in [3.63, 3.8) is 0 Å². The van der Waals surface area contributed by atoms with E-state index in [1.165, 1.54) is 283 Å². The van der Waals surface area contributed by atoms with E-state index in [1.807, 2.05) is 6.08 Å². The Bertz CT molecular complexity index is 1200. The van der Waals surface area contributed by atoms with Gasteiger partial charge >= 0.3 is 5.97 Å². The van der Waals surface area contributed by atoms with Crippen LogP contribution in [0.15, 0.2) is 36.5 Å². The van der Waals surface area contributed by atoms with E-state index in [1.54, 1.807) is 6.08 Å². The highest BCUT2D eigenvalue weighted by atomic mass is 16.5. The lowest BCUT2D eigenvalue weighted by molar-refractivity contribution is -0.143. The summed E-state index contributed by atoms with van der Waals surface area (Å²) in [7, 11) is 0. The topological polar surface area (TPSA) is 95.9 Å². The van der Waals surface area contributed by atoms with Crippen LogP contribution >= 0.6 is 0 Å². The Kier molecular flexibility index (Phi) is 62.0. The number of unbranched alkanes of at least 4 members (excludes halogenated alkanes) is 47. The van der Waals surface area contributed by atoms with Crippen molar-refractivity contribution in [3.8, 4) is 0 Å². The van der Waals surface area contributed by atoms with Crippen LogP contribution in [0, 0.1) is 0 Å². The van der Waals surface area contributed by atoms with Gasteiger partial charge in [-0.25, -0.2) is 0 Å². The molecule has 0 aliphatic rings. The van der Waals surface area contributed by atoms with Gasteiger partial charge in [0.15, 0.2) is 0 Å². The highest BCUT2D eigenvalue weighted by Gasteiger charge is 2.18. The Hall–Kier alpha value is -1.92. The molecule has 0 heterocycles. The number of aliphatic hydroxyl groups is 2. The molecular weight excluding hydrogens is 911 g/mol. The number of carbonyl (C=O) groups is 2. The van der Waals surface area contributed by atoms with Gasteiger partial charge in [0.1, 0.15) is 0 Å². The lowest BCUT2D eigenvalue weighted by Gasteiger charge is -2.20. The van der Waals surface area contributed by atoms with Crippen molar-refractivity contribution in [2.45, 2.75) is 373 Å². The van der Waals surface area contributed by atoms with E-state index >= 15 is 0 Å². The first-order chi connectivity index (χ1) is 36.5. The first-order valence-electron chi connectivity index (χ1n) is 33.3. The molecule has 0 aromatic carbocycles. The number of ether oxygens (including phenoxy) is 1. The lowest BCUT2D eigenvalue weighted by Crippen LogP contribution is -2.45. The molecule has 0 rings (SSSR count). The normalized spacial score (nSPS) is 12.8. The average molecular weight is 1040 g/mol. The van der Waals surface area contributed by atoms with Crippen molar-refractivity contribution >= 4 is 11.9 Å². The minimum absolute atomic E-state index is 0.0126. The molecule has 0 aliphatic heterocycles. The fourth-order valence-corrected chi connectivity index (χ4v) is 10.3. The van der Waals surface area contributed by atoms with Crippen LogP contribution in [0.5, 0.6) is 0 Å². The highest BCUT2D eigenvalue weighted by Crippen LogP contribution is 2.18. The Morgan fingerprint density at radius 1 is 0.378 bits per heavy atom. The number of rotatable bonds is 62. The molecule has 0 fully saturated rings. The van der Waals surface area contributed by atoms with Crippen molar-refractivity contribution < 1.29 is 24.5 Å². The number of hydrogen-bond donors (Lipinski definition) is 3. The zero-order valence-electron chi connectivity index (χ0n) is 49.8. The Labute approximate surface area is 462 Å². The summed E-state index contributed by atoms with van der Waals surface area (Å²) in [5.74, 6) is -0.0530. The Morgan fingerprint density at radius 2 is 0.676 bits per heavy atom. The van der Waals surface area contributed by atoms with Gasteiger partial charge < -0.3 is 20.3 Å². The number of allylic oxidation sites excluding steroid dienone is 5. The molecule has 2 unspecified atom stereocenters. The molecule has 0 bridgehead atoms. The van der Waals surface area contributed by atoms with Gasteiger partial charge in [-0.05, 0) is 64.2 Å². The molecule has 0 saturated heterocycles. The molecule has 0 aromatic heterocycles. The SMILES string of the molecule is CCCCC/C=C\C/C=C\CCCCCCCCCC(=O)OCCCCCCCCCCCCCCCCCCCCCCCCCCCCCCCCCC(=O)NC(CO)C(O)/C=C/CCCCCCCCC. The Morgan fingerprint density at radius 3 is 1.05 bits per heavy atom. The third kappa shape index (κ3) is 59.3. The maximum atomic E-state index is 12.4. The van der Waals surface area contributed by atoms with E-state index in [0.717, 1.165) is 51.4 Å². The average Bonchev–Trinajstić information content (AvgIpc) is 3.40. The maximum Gasteiger partial charge on any atom is 0.305 e. The smallest absolute Gasteiger partial charge is 0.305 e. The van der Waals surface area contributed by atoms with Crippen LogP contribution in [0.4, 0.5) is 0 Å². The molecule has 0 spiro atoms. The molecule has 6 nitrogen and oxygen atoms in total. The van der Waals surface area contributed by atoms with Gasteiger partial charge in [0.05, 0.1) is 25.4 Å². The van der Waals surface area contributed by atoms with Gasteiger partial charge in [-0.3, -0.25) is 9.59 Å². The third-order valence-corrected chi connectivity index (χ3v) is 15.4. The van der Waals surface area contributed by atoms with Gasteiger partial charge in [0, 0.05) is 12.8 Å². The largest absolute Gasteiger partial charge is 0.466 e. The summed E-state index contributed by atoms with van der Waals surface area (Å²) < 4.78 is 5.50. The van der Waals surface area contributed by atoms with Crippen molar-refractivity contribution in [2.75, 3.05) is 13.2 Å². The molecule has 0 aliphatic carbocycles. The number of carbonyl (C=O) groups excluding carboxylic acids is 2. The van der Waals surface area contributed by atoms with Gasteiger partial charge in [-0.15, -0.1) is 0 Å². The van der Waals surface area contributed by atoms with Gasteiger partial charge in [-0.1, -0.05) is 320 Å². The fourth-order valence-electron chi connectivity index (χ4n) is 10.3. The number of nitrogens with one attached hydrogen (secondary N) is 1. The zero-order valence-corrected chi connectivity index (χ0v) is 49.8. The standard InChI is InChI=1S/C68H129NO5/c1-3-5-7-9-11-13-14-15-16-32-36-39-42-46-50-54-58-62-68(73)74-63-59-55-51-47-43-40-37-34-31-29-27-25-23-21-19-17-18-20-22-24-26-28-30-33-35-38-41-45-49-53-57-61-67(72)69-65(64-70)66(71)60-56-52-48-44-12-10-8-6-4-2/h11,13,15-16,56,60,65-66,70-71H,3-10,12,14,17-55,57-59,61-64H2,1-2H3,(H,69,72)/b13-11-,16-15-,60-56+. The van der Waals surface area contributed by atoms with Gasteiger partial charge in [0.2, 0.25) is 5.91 Å². The van der Waals surface area contributed by atoms with E-state index in [4.69, 9.17) is 4.74 Å². The minimum Gasteiger partial charge on any atom is -0.466 e. The molecule has 2 atom stereocenters.